The summed E-state index contributed by atoms with van der Waals surface area (Å²) in [5, 5.41) is 2.50. The number of nitrogens with zero attached hydrogens (tertiary/aromatic N) is 3. The molecule has 0 spiro atoms. The largest absolute Gasteiger partial charge is 0.493 e. The fourth-order valence-corrected chi connectivity index (χ4v) is 4.80. The molecular formula is C28H30FN3O2. The van der Waals surface area contributed by atoms with E-state index < -0.39 is 0 Å². The Kier molecular flexibility index (Phi) is 6.41. The number of benzene rings is 3. The summed E-state index contributed by atoms with van der Waals surface area (Å²) in [4.78, 5) is 4.86. The highest BCUT2D eigenvalue weighted by Gasteiger charge is 2.19. The standard InChI is InChI=1S/C28H30FN3O2/c1-33-27-10-9-22(16-28(27)34-2)18-31-19-23-6-4-8-26(25(23)20-31)32-13-11-30(12-14-32)17-21-5-3-7-24(29)15-21/h3-10,15-16,19-20H,11-14,17-18H2,1-2H3. The molecule has 1 aromatic heterocycles. The molecule has 0 saturated carbocycles. The Labute approximate surface area is 199 Å². The third-order valence-corrected chi connectivity index (χ3v) is 6.54. The number of hydrogen-bond donors (Lipinski definition) is 0. The van der Waals surface area contributed by atoms with Crippen molar-refractivity contribution in [1.29, 1.82) is 0 Å². The number of fused-ring (bicyclic) bond motifs is 1. The topological polar surface area (TPSA) is 29.9 Å². The Morgan fingerprint density at radius 3 is 2.29 bits per heavy atom. The average molecular weight is 460 g/mol. The molecule has 0 atom stereocenters. The van der Waals surface area contributed by atoms with Gasteiger partial charge in [0.25, 0.3) is 0 Å². The van der Waals surface area contributed by atoms with Gasteiger partial charge < -0.3 is 18.9 Å². The van der Waals surface area contributed by atoms with Gasteiger partial charge in [-0.3, -0.25) is 4.90 Å². The molecule has 4 aromatic rings. The first-order chi connectivity index (χ1) is 16.6. The van der Waals surface area contributed by atoms with Gasteiger partial charge in [-0.2, -0.15) is 0 Å². The summed E-state index contributed by atoms with van der Waals surface area (Å²) < 4.78 is 26.6. The Morgan fingerprint density at radius 2 is 1.53 bits per heavy atom. The Morgan fingerprint density at radius 1 is 0.765 bits per heavy atom. The van der Waals surface area contributed by atoms with E-state index in [9.17, 15) is 4.39 Å². The second kappa shape index (κ2) is 9.77. The summed E-state index contributed by atoms with van der Waals surface area (Å²) in [5.74, 6) is 1.32. The predicted octanol–water partition coefficient (Wildman–Crippen LogP) is 5.17. The lowest BCUT2D eigenvalue weighted by atomic mass is 10.1. The molecule has 2 heterocycles. The molecule has 5 rings (SSSR count). The molecule has 1 fully saturated rings. The predicted molar refractivity (Wildman–Crippen MR) is 134 cm³/mol. The quantitative estimate of drug-likeness (QED) is 0.382. The normalized spacial score (nSPS) is 14.5. The van der Waals surface area contributed by atoms with Crippen molar-refractivity contribution < 1.29 is 13.9 Å². The summed E-state index contributed by atoms with van der Waals surface area (Å²) in [5.41, 5.74) is 3.46. The highest BCUT2D eigenvalue weighted by atomic mass is 19.1. The van der Waals surface area contributed by atoms with Crippen LogP contribution < -0.4 is 14.4 Å². The van der Waals surface area contributed by atoms with Crippen molar-refractivity contribution in [2.24, 2.45) is 0 Å². The highest BCUT2D eigenvalue weighted by molar-refractivity contribution is 5.94. The molecule has 1 aliphatic heterocycles. The first-order valence-corrected chi connectivity index (χ1v) is 11.6. The molecule has 0 N–H and O–H groups in total. The van der Waals surface area contributed by atoms with Crippen LogP contribution in [0.2, 0.25) is 0 Å². The second-order valence-corrected chi connectivity index (χ2v) is 8.79. The van der Waals surface area contributed by atoms with Gasteiger partial charge in [0.15, 0.2) is 11.5 Å². The molecule has 3 aromatic carbocycles. The number of rotatable bonds is 7. The lowest BCUT2D eigenvalue weighted by Crippen LogP contribution is -2.46. The zero-order valence-corrected chi connectivity index (χ0v) is 19.7. The van der Waals surface area contributed by atoms with Gasteiger partial charge in [0, 0.05) is 68.1 Å². The molecule has 0 radical (unpaired) electrons. The summed E-state index contributed by atoms with van der Waals surface area (Å²) in [6, 6.07) is 19.5. The van der Waals surface area contributed by atoms with Gasteiger partial charge in [0.2, 0.25) is 0 Å². The lowest BCUT2D eigenvalue weighted by Gasteiger charge is -2.36. The molecule has 34 heavy (non-hydrogen) atoms. The molecule has 0 unspecified atom stereocenters. The molecule has 6 heteroatoms. The zero-order valence-electron chi connectivity index (χ0n) is 19.7. The van der Waals surface area contributed by atoms with Gasteiger partial charge in [-0.25, -0.2) is 4.39 Å². The molecule has 0 aliphatic carbocycles. The summed E-state index contributed by atoms with van der Waals surface area (Å²) in [6.07, 6.45) is 4.44. The van der Waals surface area contributed by atoms with Gasteiger partial charge in [0.1, 0.15) is 5.82 Å². The third kappa shape index (κ3) is 4.73. The van der Waals surface area contributed by atoms with E-state index in [1.165, 1.54) is 22.5 Å². The minimum Gasteiger partial charge on any atom is -0.493 e. The number of hydrogen-bond acceptors (Lipinski definition) is 4. The van der Waals surface area contributed by atoms with Crippen LogP contribution >= 0.6 is 0 Å². The maximum atomic E-state index is 13.5. The Balaban J connectivity index is 1.29. The van der Waals surface area contributed by atoms with Crippen LogP contribution in [-0.2, 0) is 13.1 Å². The second-order valence-electron chi connectivity index (χ2n) is 8.79. The first-order valence-electron chi connectivity index (χ1n) is 11.6. The van der Waals surface area contributed by atoms with E-state index in [2.05, 4.69) is 51.0 Å². The smallest absolute Gasteiger partial charge is 0.161 e. The average Bonchev–Trinajstić information content (AvgIpc) is 3.27. The van der Waals surface area contributed by atoms with Crippen LogP contribution in [0, 0.1) is 5.82 Å². The van der Waals surface area contributed by atoms with Crippen LogP contribution in [-0.4, -0.2) is 49.9 Å². The van der Waals surface area contributed by atoms with Crippen LogP contribution in [0.3, 0.4) is 0 Å². The summed E-state index contributed by atoms with van der Waals surface area (Å²) in [7, 11) is 3.31. The summed E-state index contributed by atoms with van der Waals surface area (Å²) in [6.45, 7) is 5.37. The lowest BCUT2D eigenvalue weighted by molar-refractivity contribution is 0.250. The maximum Gasteiger partial charge on any atom is 0.161 e. The van der Waals surface area contributed by atoms with Gasteiger partial charge in [-0.1, -0.05) is 30.3 Å². The fourth-order valence-electron chi connectivity index (χ4n) is 4.80. The number of aromatic nitrogens is 1. The molecule has 1 aliphatic rings. The minimum absolute atomic E-state index is 0.166. The fraction of sp³-hybridized carbons (Fsp3) is 0.286. The van der Waals surface area contributed by atoms with E-state index in [-0.39, 0.29) is 5.82 Å². The number of anilines is 1. The number of halogens is 1. The molecule has 176 valence electrons. The van der Waals surface area contributed by atoms with Crippen LogP contribution in [0.4, 0.5) is 10.1 Å². The van der Waals surface area contributed by atoms with Crippen molar-refractivity contribution in [2.75, 3.05) is 45.3 Å². The SMILES string of the molecule is COc1ccc(Cn2cc3cccc(N4CCN(Cc5cccc(F)c5)CC4)c3c2)cc1OC. The Hall–Kier alpha value is -3.51. The number of piperazine rings is 1. The van der Waals surface area contributed by atoms with Crippen molar-refractivity contribution in [3.05, 3.63) is 90.0 Å². The van der Waals surface area contributed by atoms with E-state index in [4.69, 9.17) is 9.47 Å². The summed E-state index contributed by atoms with van der Waals surface area (Å²) >= 11 is 0. The van der Waals surface area contributed by atoms with E-state index in [1.54, 1.807) is 26.4 Å². The Bertz CT molecular complexity index is 1280. The van der Waals surface area contributed by atoms with Crippen molar-refractivity contribution >= 4 is 16.5 Å². The van der Waals surface area contributed by atoms with Crippen LogP contribution in [0.25, 0.3) is 10.8 Å². The van der Waals surface area contributed by atoms with Gasteiger partial charge >= 0.3 is 0 Å². The number of methoxy groups -OCH3 is 2. The van der Waals surface area contributed by atoms with Crippen molar-refractivity contribution in [3.63, 3.8) is 0 Å². The maximum absolute atomic E-state index is 13.5. The van der Waals surface area contributed by atoms with Crippen molar-refractivity contribution in [1.82, 2.24) is 9.47 Å². The molecule has 1 saturated heterocycles. The van der Waals surface area contributed by atoms with E-state index in [1.807, 2.05) is 18.2 Å². The minimum atomic E-state index is -0.166. The van der Waals surface area contributed by atoms with Crippen LogP contribution in [0.5, 0.6) is 11.5 Å². The third-order valence-electron chi connectivity index (χ3n) is 6.54. The van der Waals surface area contributed by atoms with Crippen LogP contribution in [0.1, 0.15) is 11.1 Å². The van der Waals surface area contributed by atoms with Gasteiger partial charge in [0.05, 0.1) is 14.2 Å². The molecular weight excluding hydrogens is 429 g/mol. The number of ether oxygens (including phenoxy) is 2. The van der Waals surface area contributed by atoms with Crippen LogP contribution in [0.15, 0.2) is 73.1 Å². The van der Waals surface area contributed by atoms with E-state index in [0.717, 1.165) is 61.9 Å². The molecule has 0 amide bonds. The molecule has 5 nitrogen and oxygen atoms in total. The van der Waals surface area contributed by atoms with Crippen molar-refractivity contribution in [2.45, 2.75) is 13.1 Å². The van der Waals surface area contributed by atoms with E-state index in [0.29, 0.717) is 0 Å². The highest BCUT2D eigenvalue weighted by Crippen LogP contribution is 2.31. The first kappa shape index (κ1) is 22.3. The monoisotopic (exact) mass is 459 g/mol. The van der Waals surface area contributed by atoms with Gasteiger partial charge in [-0.05, 0) is 41.5 Å². The van der Waals surface area contributed by atoms with Gasteiger partial charge in [-0.15, -0.1) is 0 Å². The van der Waals surface area contributed by atoms with Crippen molar-refractivity contribution in [3.8, 4) is 11.5 Å². The van der Waals surface area contributed by atoms with E-state index >= 15 is 0 Å². The molecule has 0 bridgehead atoms. The zero-order chi connectivity index (χ0) is 23.5.